The number of fused-ring (bicyclic) bond motifs is 1. The van der Waals surface area contributed by atoms with Gasteiger partial charge in [-0.1, -0.05) is 18.2 Å². The second-order valence-corrected chi connectivity index (χ2v) is 6.22. The standard InChI is InChI=1S/C19H18N2O2S/c1-2-3-9-23-16-6-4-5-14(10-16)11-19(22)21-15-7-8-17-18(12-15)24-13-20-17/h2,4-8,10,12-13H,1,3,9,11H2,(H,21,22). The number of carbonyl (C=O) groups is 1. The highest BCUT2D eigenvalue weighted by molar-refractivity contribution is 7.16. The predicted octanol–water partition coefficient (Wildman–Crippen LogP) is 4.43. The van der Waals surface area contributed by atoms with Crippen molar-refractivity contribution in [3.8, 4) is 5.75 Å². The van der Waals surface area contributed by atoms with E-state index in [0.717, 1.165) is 33.6 Å². The summed E-state index contributed by atoms with van der Waals surface area (Å²) in [4.78, 5) is 16.5. The Bertz CT molecular complexity index is 857. The fourth-order valence-electron chi connectivity index (χ4n) is 2.33. The van der Waals surface area contributed by atoms with Crippen molar-refractivity contribution in [2.24, 2.45) is 0 Å². The monoisotopic (exact) mass is 338 g/mol. The Morgan fingerprint density at radius 2 is 2.21 bits per heavy atom. The van der Waals surface area contributed by atoms with Crippen LogP contribution in [0.5, 0.6) is 5.75 Å². The van der Waals surface area contributed by atoms with E-state index in [2.05, 4.69) is 16.9 Å². The SMILES string of the molecule is C=CCCOc1cccc(CC(=O)Nc2ccc3ncsc3c2)c1. The summed E-state index contributed by atoms with van der Waals surface area (Å²) in [5.74, 6) is 0.718. The number of hydrogen-bond acceptors (Lipinski definition) is 4. The fraction of sp³-hybridized carbons (Fsp3) is 0.158. The van der Waals surface area contributed by atoms with Gasteiger partial charge in [0.1, 0.15) is 5.75 Å². The van der Waals surface area contributed by atoms with Crippen LogP contribution < -0.4 is 10.1 Å². The molecule has 3 rings (SSSR count). The van der Waals surface area contributed by atoms with E-state index in [0.29, 0.717) is 13.0 Å². The lowest BCUT2D eigenvalue weighted by Gasteiger charge is -2.08. The second-order valence-electron chi connectivity index (χ2n) is 5.33. The summed E-state index contributed by atoms with van der Waals surface area (Å²) < 4.78 is 6.68. The third kappa shape index (κ3) is 4.20. The number of ether oxygens (including phenoxy) is 1. The maximum Gasteiger partial charge on any atom is 0.228 e. The Labute approximate surface area is 144 Å². The van der Waals surface area contributed by atoms with E-state index < -0.39 is 0 Å². The van der Waals surface area contributed by atoms with E-state index in [4.69, 9.17) is 4.74 Å². The van der Waals surface area contributed by atoms with Gasteiger partial charge in [-0.25, -0.2) is 4.98 Å². The molecule has 5 heteroatoms. The molecule has 0 aliphatic rings. The van der Waals surface area contributed by atoms with Crippen molar-refractivity contribution in [2.45, 2.75) is 12.8 Å². The van der Waals surface area contributed by atoms with Gasteiger partial charge in [0.25, 0.3) is 0 Å². The minimum Gasteiger partial charge on any atom is -0.493 e. The van der Waals surface area contributed by atoms with Crippen LogP contribution in [0, 0.1) is 0 Å². The molecule has 1 aromatic heterocycles. The van der Waals surface area contributed by atoms with Crippen molar-refractivity contribution in [1.82, 2.24) is 4.98 Å². The molecule has 0 saturated heterocycles. The van der Waals surface area contributed by atoms with E-state index in [1.54, 1.807) is 16.8 Å². The highest BCUT2D eigenvalue weighted by Crippen LogP contribution is 2.22. The lowest BCUT2D eigenvalue weighted by atomic mass is 10.1. The second kappa shape index (κ2) is 7.75. The molecular formula is C19H18N2O2S. The van der Waals surface area contributed by atoms with Gasteiger partial charge in [0.2, 0.25) is 5.91 Å². The van der Waals surface area contributed by atoms with E-state index in [1.807, 2.05) is 48.5 Å². The van der Waals surface area contributed by atoms with Crippen LogP contribution in [0.2, 0.25) is 0 Å². The third-order valence-corrected chi connectivity index (χ3v) is 4.26. The molecule has 0 saturated carbocycles. The first-order valence-corrected chi connectivity index (χ1v) is 8.58. The van der Waals surface area contributed by atoms with Crippen LogP contribution in [-0.2, 0) is 11.2 Å². The van der Waals surface area contributed by atoms with Crippen LogP contribution in [0.4, 0.5) is 5.69 Å². The van der Waals surface area contributed by atoms with Crippen LogP contribution >= 0.6 is 11.3 Å². The zero-order valence-electron chi connectivity index (χ0n) is 13.2. The van der Waals surface area contributed by atoms with Crippen LogP contribution in [-0.4, -0.2) is 17.5 Å². The zero-order valence-corrected chi connectivity index (χ0v) is 14.0. The van der Waals surface area contributed by atoms with Crippen molar-refractivity contribution in [2.75, 3.05) is 11.9 Å². The highest BCUT2D eigenvalue weighted by atomic mass is 32.1. The Balaban J connectivity index is 1.61. The average molecular weight is 338 g/mol. The smallest absolute Gasteiger partial charge is 0.228 e. The molecule has 1 N–H and O–H groups in total. The molecule has 0 bridgehead atoms. The molecule has 4 nitrogen and oxygen atoms in total. The zero-order chi connectivity index (χ0) is 16.8. The molecule has 0 unspecified atom stereocenters. The number of hydrogen-bond donors (Lipinski definition) is 1. The summed E-state index contributed by atoms with van der Waals surface area (Å²) in [5.41, 5.74) is 4.45. The van der Waals surface area contributed by atoms with E-state index in [1.165, 1.54) is 0 Å². The minimum atomic E-state index is -0.0536. The summed E-state index contributed by atoms with van der Waals surface area (Å²) in [6.07, 6.45) is 2.92. The number of nitrogens with one attached hydrogen (secondary N) is 1. The Morgan fingerprint density at radius 1 is 1.29 bits per heavy atom. The van der Waals surface area contributed by atoms with Gasteiger partial charge in [-0.3, -0.25) is 4.79 Å². The molecule has 24 heavy (non-hydrogen) atoms. The number of anilines is 1. The third-order valence-electron chi connectivity index (χ3n) is 3.47. The van der Waals surface area contributed by atoms with E-state index in [9.17, 15) is 4.79 Å². The summed E-state index contributed by atoms with van der Waals surface area (Å²) in [6, 6.07) is 13.3. The quantitative estimate of drug-likeness (QED) is 0.512. The maximum absolute atomic E-state index is 12.3. The number of thiazole rings is 1. The molecule has 0 radical (unpaired) electrons. The topological polar surface area (TPSA) is 51.2 Å². The fourth-order valence-corrected chi connectivity index (χ4v) is 3.05. The first-order chi connectivity index (χ1) is 11.7. The summed E-state index contributed by atoms with van der Waals surface area (Å²) >= 11 is 1.56. The van der Waals surface area contributed by atoms with Crippen molar-refractivity contribution < 1.29 is 9.53 Å². The number of benzene rings is 2. The van der Waals surface area contributed by atoms with Gasteiger partial charge in [-0.2, -0.15) is 0 Å². The van der Waals surface area contributed by atoms with Gasteiger partial charge in [-0.05, 0) is 42.3 Å². The number of nitrogens with zero attached hydrogens (tertiary/aromatic N) is 1. The lowest BCUT2D eigenvalue weighted by molar-refractivity contribution is -0.115. The Kier molecular flexibility index (Phi) is 5.23. The average Bonchev–Trinajstić information content (AvgIpc) is 3.03. The van der Waals surface area contributed by atoms with Gasteiger partial charge in [0.05, 0.1) is 28.8 Å². The minimum absolute atomic E-state index is 0.0536. The van der Waals surface area contributed by atoms with Crippen LogP contribution in [0.15, 0.2) is 60.6 Å². The maximum atomic E-state index is 12.3. The van der Waals surface area contributed by atoms with Crippen molar-refractivity contribution in [1.29, 1.82) is 0 Å². The molecule has 122 valence electrons. The predicted molar refractivity (Wildman–Crippen MR) is 98.7 cm³/mol. The molecule has 0 spiro atoms. The van der Waals surface area contributed by atoms with Crippen molar-refractivity contribution in [3.63, 3.8) is 0 Å². The van der Waals surface area contributed by atoms with Crippen LogP contribution in [0.1, 0.15) is 12.0 Å². The number of rotatable bonds is 7. The molecule has 2 aromatic carbocycles. The van der Waals surface area contributed by atoms with Gasteiger partial charge in [0.15, 0.2) is 0 Å². The van der Waals surface area contributed by atoms with Crippen molar-refractivity contribution in [3.05, 3.63) is 66.2 Å². The first kappa shape index (κ1) is 16.2. The number of amides is 1. The molecule has 0 aliphatic heterocycles. The summed E-state index contributed by atoms with van der Waals surface area (Å²) in [5, 5.41) is 2.93. The van der Waals surface area contributed by atoms with Crippen LogP contribution in [0.25, 0.3) is 10.2 Å². The largest absolute Gasteiger partial charge is 0.493 e. The summed E-state index contributed by atoms with van der Waals surface area (Å²) in [6.45, 7) is 4.26. The Morgan fingerprint density at radius 3 is 3.08 bits per heavy atom. The van der Waals surface area contributed by atoms with Gasteiger partial charge >= 0.3 is 0 Å². The number of aromatic nitrogens is 1. The summed E-state index contributed by atoms with van der Waals surface area (Å²) in [7, 11) is 0. The van der Waals surface area contributed by atoms with E-state index in [-0.39, 0.29) is 5.91 Å². The van der Waals surface area contributed by atoms with Crippen LogP contribution in [0.3, 0.4) is 0 Å². The normalized spacial score (nSPS) is 10.5. The van der Waals surface area contributed by atoms with E-state index >= 15 is 0 Å². The van der Waals surface area contributed by atoms with Gasteiger partial charge in [-0.15, -0.1) is 17.9 Å². The Hall–Kier alpha value is -2.66. The lowest BCUT2D eigenvalue weighted by Crippen LogP contribution is -2.14. The van der Waals surface area contributed by atoms with Gasteiger partial charge in [0, 0.05) is 5.69 Å². The first-order valence-electron chi connectivity index (χ1n) is 7.70. The number of carbonyl (C=O) groups excluding carboxylic acids is 1. The van der Waals surface area contributed by atoms with Crippen molar-refractivity contribution >= 4 is 33.1 Å². The molecule has 0 atom stereocenters. The molecular weight excluding hydrogens is 320 g/mol. The highest BCUT2D eigenvalue weighted by Gasteiger charge is 2.06. The molecule has 1 amide bonds. The molecule has 3 aromatic rings. The molecule has 0 fully saturated rings. The molecule has 1 heterocycles. The molecule has 0 aliphatic carbocycles. The van der Waals surface area contributed by atoms with Gasteiger partial charge < -0.3 is 10.1 Å².